The van der Waals surface area contributed by atoms with Crippen LogP contribution >= 0.6 is 43.5 Å². The molecule has 0 saturated carbocycles. The second kappa shape index (κ2) is 10.0. The average molecular weight is 613 g/mol. The summed E-state index contributed by atoms with van der Waals surface area (Å²) in [4.78, 5) is 0. The van der Waals surface area contributed by atoms with Crippen LogP contribution < -0.4 is 0 Å². The Kier molecular flexibility index (Phi) is 7.00. The van der Waals surface area contributed by atoms with Crippen LogP contribution in [0.3, 0.4) is 0 Å². The minimum Gasteiger partial charge on any atom is -0.381 e. The molecule has 5 heteroatoms. The third-order valence-electron chi connectivity index (χ3n) is 6.59. The van der Waals surface area contributed by atoms with Gasteiger partial charge in [-0.15, -0.1) is 0 Å². The van der Waals surface area contributed by atoms with Crippen molar-refractivity contribution in [1.82, 2.24) is 0 Å². The fourth-order valence-corrected chi connectivity index (χ4v) is 6.36. The van der Waals surface area contributed by atoms with E-state index in [9.17, 15) is 9.50 Å². The van der Waals surface area contributed by atoms with E-state index in [0.717, 1.165) is 43.2 Å². The maximum absolute atomic E-state index is 13.9. The molecule has 4 aromatic carbocycles. The van der Waals surface area contributed by atoms with Crippen molar-refractivity contribution in [2.75, 3.05) is 0 Å². The molecule has 1 nitrogen and oxygen atoms in total. The molecule has 0 bridgehead atoms. The van der Waals surface area contributed by atoms with E-state index < -0.39 is 5.60 Å². The highest BCUT2D eigenvalue weighted by molar-refractivity contribution is 9.10. The summed E-state index contributed by atoms with van der Waals surface area (Å²) in [5.41, 5.74) is 4.33. The van der Waals surface area contributed by atoms with Crippen LogP contribution in [0.25, 0.3) is 16.7 Å². The van der Waals surface area contributed by atoms with Gasteiger partial charge in [0.2, 0.25) is 0 Å². The van der Waals surface area contributed by atoms with Gasteiger partial charge in [-0.3, -0.25) is 0 Å². The minimum atomic E-state index is -1.25. The van der Waals surface area contributed by atoms with Gasteiger partial charge in [-0.25, -0.2) is 4.39 Å². The largest absolute Gasteiger partial charge is 0.381 e. The lowest BCUT2D eigenvalue weighted by Gasteiger charge is -2.37. The Balaban J connectivity index is 1.64. The van der Waals surface area contributed by atoms with Gasteiger partial charge in [0.15, 0.2) is 0 Å². The van der Waals surface area contributed by atoms with Crippen molar-refractivity contribution >= 4 is 49.0 Å². The van der Waals surface area contributed by atoms with E-state index in [2.05, 4.69) is 44.0 Å². The molecular formula is C30H22Br2ClFO. The van der Waals surface area contributed by atoms with Crippen LogP contribution in [0.1, 0.15) is 35.4 Å². The number of allylic oxidation sites excluding steroid dienone is 1. The van der Waals surface area contributed by atoms with Gasteiger partial charge in [0.1, 0.15) is 11.4 Å². The van der Waals surface area contributed by atoms with Crippen molar-refractivity contribution in [2.45, 2.75) is 24.4 Å². The summed E-state index contributed by atoms with van der Waals surface area (Å²) in [6, 6.07) is 28.2. The standard InChI is InChI=1S/C30H22Br2ClFO/c31-27-10-3-1-8-24(27)21-14-22(18-30(35,17-21)26-9-2-4-11-29(26)33)25-16-20(12-13-28(25)32)19-6-5-7-23(34)15-19/h1-13,15-17,22,35H,14,18H2. The first-order chi connectivity index (χ1) is 16.8. The Morgan fingerprint density at radius 1 is 0.829 bits per heavy atom. The molecule has 5 rings (SSSR count). The first-order valence-electron chi connectivity index (χ1n) is 11.3. The number of aliphatic hydroxyl groups is 1. The molecule has 1 N–H and O–H groups in total. The SMILES string of the molecule is OC1(c2ccccc2Cl)C=C(c2ccccc2Br)CC(c2cc(-c3cccc(F)c3)ccc2Br)C1. The third-order valence-corrected chi connectivity index (χ3v) is 8.33. The summed E-state index contributed by atoms with van der Waals surface area (Å²) >= 11 is 14.0. The van der Waals surface area contributed by atoms with Crippen molar-refractivity contribution in [3.05, 3.63) is 134 Å². The summed E-state index contributed by atoms with van der Waals surface area (Å²) in [6.07, 6.45) is 3.16. The van der Waals surface area contributed by atoms with Gasteiger partial charge in [-0.1, -0.05) is 98.1 Å². The molecule has 0 spiro atoms. The molecule has 4 aromatic rings. The Hall–Kier alpha value is -2.24. The number of benzene rings is 4. The molecule has 1 aliphatic rings. The molecule has 35 heavy (non-hydrogen) atoms. The lowest BCUT2D eigenvalue weighted by Crippen LogP contribution is -2.30. The van der Waals surface area contributed by atoms with Gasteiger partial charge in [-0.2, -0.15) is 0 Å². The van der Waals surface area contributed by atoms with Crippen molar-refractivity contribution in [3.8, 4) is 11.1 Å². The van der Waals surface area contributed by atoms with E-state index in [1.807, 2.05) is 66.7 Å². The first-order valence-corrected chi connectivity index (χ1v) is 13.3. The van der Waals surface area contributed by atoms with Crippen molar-refractivity contribution in [3.63, 3.8) is 0 Å². The van der Waals surface area contributed by atoms with E-state index >= 15 is 0 Å². The molecule has 2 unspecified atom stereocenters. The number of halogens is 4. The average Bonchev–Trinajstić information content (AvgIpc) is 2.84. The molecule has 0 aromatic heterocycles. The highest BCUT2D eigenvalue weighted by atomic mass is 79.9. The van der Waals surface area contributed by atoms with Gasteiger partial charge in [0.05, 0.1) is 0 Å². The zero-order chi connectivity index (χ0) is 24.6. The molecule has 1 aliphatic carbocycles. The maximum Gasteiger partial charge on any atom is 0.123 e. The molecule has 0 saturated heterocycles. The normalized spacial score (nSPS) is 19.9. The van der Waals surface area contributed by atoms with Crippen molar-refractivity contribution in [1.29, 1.82) is 0 Å². The van der Waals surface area contributed by atoms with Crippen LogP contribution in [-0.4, -0.2) is 5.11 Å². The van der Waals surface area contributed by atoms with Crippen LogP contribution in [0.15, 0.2) is 106 Å². The fourth-order valence-electron chi connectivity index (χ4n) is 4.95. The summed E-state index contributed by atoms with van der Waals surface area (Å²) < 4.78 is 15.9. The molecule has 0 fully saturated rings. The Morgan fingerprint density at radius 3 is 2.34 bits per heavy atom. The first kappa shape index (κ1) is 24.5. The zero-order valence-electron chi connectivity index (χ0n) is 18.7. The lowest BCUT2D eigenvalue weighted by molar-refractivity contribution is 0.0672. The van der Waals surface area contributed by atoms with Crippen molar-refractivity contribution < 1.29 is 9.50 Å². The summed E-state index contributed by atoms with van der Waals surface area (Å²) in [6.45, 7) is 0. The highest BCUT2D eigenvalue weighted by Crippen LogP contribution is 2.49. The Bertz CT molecular complexity index is 1430. The van der Waals surface area contributed by atoms with Gasteiger partial charge in [0, 0.05) is 19.5 Å². The fraction of sp³-hybridized carbons (Fsp3) is 0.133. The smallest absolute Gasteiger partial charge is 0.123 e. The van der Waals surface area contributed by atoms with E-state index in [4.69, 9.17) is 11.6 Å². The Labute approximate surface area is 226 Å². The van der Waals surface area contributed by atoms with Crippen molar-refractivity contribution in [2.24, 2.45) is 0 Å². The van der Waals surface area contributed by atoms with E-state index in [-0.39, 0.29) is 11.7 Å². The molecule has 0 aliphatic heterocycles. The number of hydrogen-bond acceptors (Lipinski definition) is 1. The maximum atomic E-state index is 13.9. The van der Waals surface area contributed by atoms with Crippen LogP contribution in [-0.2, 0) is 5.60 Å². The van der Waals surface area contributed by atoms with Crippen LogP contribution in [0.4, 0.5) is 4.39 Å². The van der Waals surface area contributed by atoms with Crippen LogP contribution in [0.2, 0.25) is 5.02 Å². The molecule has 176 valence electrons. The van der Waals surface area contributed by atoms with Gasteiger partial charge >= 0.3 is 0 Å². The zero-order valence-corrected chi connectivity index (χ0v) is 22.6. The Morgan fingerprint density at radius 2 is 1.57 bits per heavy atom. The van der Waals surface area contributed by atoms with Gasteiger partial charge in [-0.05, 0) is 89.1 Å². The topological polar surface area (TPSA) is 20.2 Å². The lowest BCUT2D eigenvalue weighted by atomic mass is 9.72. The monoisotopic (exact) mass is 610 g/mol. The van der Waals surface area contributed by atoms with E-state index in [1.165, 1.54) is 6.07 Å². The van der Waals surface area contributed by atoms with E-state index in [0.29, 0.717) is 17.0 Å². The molecule has 0 heterocycles. The van der Waals surface area contributed by atoms with Crippen LogP contribution in [0, 0.1) is 5.82 Å². The van der Waals surface area contributed by atoms with Gasteiger partial charge in [0.25, 0.3) is 0 Å². The number of hydrogen-bond donors (Lipinski definition) is 1. The minimum absolute atomic E-state index is 0.00809. The van der Waals surface area contributed by atoms with Gasteiger partial charge < -0.3 is 5.11 Å². The molecular weight excluding hydrogens is 591 g/mol. The molecule has 2 atom stereocenters. The van der Waals surface area contributed by atoms with E-state index in [1.54, 1.807) is 12.1 Å². The summed E-state index contributed by atoms with van der Waals surface area (Å²) in [5.74, 6) is -0.275. The second-order valence-electron chi connectivity index (χ2n) is 8.91. The summed E-state index contributed by atoms with van der Waals surface area (Å²) in [5, 5.41) is 12.6. The number of rotatable bonds is 4. The van der Waals surface area contributed by atoms with Crippen LogP contribution in [0.5, 0.6) is 0 Å². The third kappa shape index (κ3) is 5.03. The molecule has 0 amide bonds. The summed E-state index contributed by atoms with van der Waals surface area (Å²) in [7, 11) is 0. The second-order valence-corrected chi connectivity index (χ2v) is 11.0. The molecule has 0 radical (unpaired) electrons. The predicted molar refractivity (Wildman–Crippen MR) is 149 cm³/mol. The predicted octanol–water partition coefficient (Wildman–Crippen LogP) is 9.52. The highest BCUT2D eigenvalue weighted by Gasteiger charge is 2.38. The quantitative estimate of drug-likeness (QED) is 0.243.